The van der Waals surface area contributed by atoms with Crippen LogP contribution in [0.25, 0.3) is 0 Å². The third-order valence-electron chi connectivity index (χ3n) is 4.03. The molecule has 6 nitrogen and oxygen atoms in total. The summed E-state index contributed by atoms with van der Waals surface area (Å²) in [5, 5.41) is 11.0. The Balaban J connectivity index is 1.64. The summed E-state index contributed by atoms with van der Waals surface area (Å²) in [7, 11) is 0. The Morgan fingerprint density at radius 2 is 2.39 bits per heavy atom. The number of halogens is 1. The molecule has 0 radical (unpaired) electrons. The SMILES string of the molecule is CC1COC(c2cccc(Cl)c2)CN1C(=O)CCc1cn[nH]n1. The largest absolute Gasteiger partial charge is 0.370 e. The van der Waals surface area contributed by atoms with Gasteiger partial charge in [0.1, 0.15) is 6.10 Å². The molecule has 1 amide bonds. The molecular formula is C16H19ClN4O2. The normalized spacial score (nSPS) is 21.4. The Kier molecular flexibility index (Phi) is 4.93. The molecule has 0 bridgehead atoms. The summed E-state index contributed by atoms with van der Waals surface area (Å²) in [5.74, 6) is 0.107. The second-order valence-corrected chi connectivity index (χ2v) is 6.17. The highest BCUT2D eigenvalue weighted by atomic mass is 35.5. The van der Waals surface area contributed by atoms with Gasteiger partial charge in [-0.2, -0.15) is 15.4 Å². The number of hydrogen-bond acceptors (Lipinski definition) is 4. The van der Waals surface area contributed by atoms with Gasteiger partial charge in [0.25, 0.3) is 0 Å². The van der Waals surface area contributed by atoms with Crippen LogP contribution >= 0.6 is 11.6 Å². The molecule has 2 aromatic rings. The molecule has 2 atom stereocenters. The molecule has 23 heavy (non-hydrogen) atoms. The van der Waals surface area contributed by atoms with Crippen molar-refractivity contribution in [3.63, 3.8) is 0 Å². The van der Waals surface area contributed by atoms with E-state index in [1.807, 2.05) is 36.1 Å². The summed E-state index contributed by atoms with van der Waals surface area (Å²) in [6, 6.07) is 7.66. The summed E-state index contributed by atoms with van der Waals surface area (Å²) in [4.78, 5) is 14.4. The molecule has 0 saturated carbocycles. The van der Waals surface area contributed by atoms with Gasteiger partial charge in [-0.25, -0.2) is 0 Å². The second kappa shape index (κ2) is 7.10. The van der Waals surface area contributed by atoms with Crippen molar-refractivity contribution in [3.8, 4) is 0 Å². The fraction of sp³-hybridized carbons (Fsp3) is 0.438. The fourth-order valence-electron chi connectivity index (χ4n) is 2.74. The molecule has 122 valence electrons. The summed E-state index contributed by atoms with van der Waals surface area (Å²) in [5.41, 5.74) is 1.80. The van der Waals surface area contributed by atoms with Crippen LogP contribution in [0.3, 0.4) is 0 Å². The van der Waals surface area contributed by atoms with Crippen molar-refractivity contribution in [1.29, 1.82) is 0 Å². The minimum Gasteiger partial charge on any atom is -0.370 e. The third kappa shape index (κ3) is 3.89. The van der Waals surface area contributed by atoms with E-state index < -0.39 is 0 Å². The minimum absolute atomic E-state index is 0.0650. The van der Waals surface area contributed by atoms with Crippen LogP contribution in [0, 0.1) is 0 Å². The van der Waals surface area contributed by atoms with E-state index in [0.29, 0.717) is 31.0 Å². The van der Waals surface area contributed by atoms with E-state index >= 15 is 0 Å². The number of nitrogens with zero attached hydrogens (tertiary/aromatic N) is 3. The lowest BCUT2D eigenvalue weighted by molar-refractivity contribution is -0.144. The zero-order valence-electron chi connectivity index (χ0n) is 12.9. The van der Waals surface area contributed by atoms with E-state index in [4.69, 9.17) is 16.3 Å². The lowest BCUT2D eigenvalue weighted by Crippen LogP contribution is -2.48. The van der Waals surface area contributed by atoms with Crippen molar-refractivity contribution in [3.05, 3.63) is 46.7 Å². The van der Waals surface area contributed by atoms with E-state index in [2.05, 4.69) is 15.4 Å². The Labute approximate surface area is 139 Å². The molecule has 1 aliphatic heterocycles. The molecule has 1 aromatic carbocycles. The number of aromatic nitrogens is 3. The maximum Gasteiger partial charge on any atom is 0.223 e. The number of aryl methyl sites for hydroxylation is 1. The first-order chi connectivity index (χ1) is 11.1. The number of H-pyrrole nitrogens is 1. The standard InChI is InChI=1S/C16H19ClN4O2/c1-11-10-23-15(12-3-2-4-13(17)7-12)9-21(11)16(22)6-5-14-8-18-20-19-14/h2-4,7-8,11,15H,5-6,9-10H2,1H3,(H,18,19,20). The summed E-state index contributed by atoms with van der Waals surface area (Å²) < 4.78 is 5.88. The van der Waals surface area contributed by atoms with Gasteiger partial charge in [0.05, 0.1) is 31.1 Å². The molecule has 2 unspecified atom stereocenters. The molecule has 1 aromatic heterocycles. The number of ether oxygens (including phenoxy) is 1. The van der Waals surface area contributed by atoms with Crippen LogP contribution in [0.2, 0.25) is 5.02 Å². The highest BCUT2D eigenvalue weighted by molar-refractivity contribution is 6.30. The predicted octanol–water partition coefficient (Wildman–Crippen LogP) is 2.38. The van der Waals surface area contributed by atoms with E-state index in [9.17, 15) is 4.79 Å². The second-order valence-electron chi connectivity index (χ2n) is 5.73. The van der Waals surface area contributed by atoms with Crippen molar-refractivity contribution in [2.75, 3.05) is 13.2 Å². The summed E-state index contributed by atoms with van der Waals surface area (Å²) in [6.07, 6.45) is 2.51. The van der Waals surface area contributed by atoms with Crippen molar-refractivity contribution < 1.29 is 9.53 Å². The Hall–Kier alpha value is -1.92. The molecule has 1 N–H and O–H groups in total. The van der Waals surface area contributed by atoms with Gasteiger partial charge >= 0.3 is 0 Å². The number of aromatic amines is 1. The lowest BCUT2D eigenvalue weighted by atomic mass is 10.1. The smallest absolute Gasteiger partial charge is 0.223 e. The van der Waals surface area contributed by atoms with E-state index in [0.717, 1.165) is 11.3 Å². The van der Waals surface area contributed by atoms with Crippen molar-refractivity contribution in [2.24, 2.45) is 0 Å². The Morgan fingerprint density at radius 3 is 3.13 bits per heavy atom. The fourth-order valence-corrected chi connectivity index (χ4v) is 2.94. The zero-order chi connectivity index (χ0) is 16.2. The minimum atomic E-state index is -0.138. The van der Waals surface area contributed by atoms with Crippen LogP contribution in [0.4, 0.5) is 0 Å². The number of amides is 1. The zero-order valence-corrected chi connectivity index (χ0v) is 13.7. The molecule has 3 rings (SSSR count). The number of nitrogens with one attached hydrogen (secondary N) is 1. The molecule has 0 aliphatic carbocycles. The third-order valence-corrected chi connectivity index (χ3v) is 4.27. The first-order valence-corrected chi connectivity index (χ1v) is 8.02. The van der Waals surface area contributed by atoms with Gasteiger partial charge in [-0.15, -0.1) is 0 Å². The summed E-state index contributed by atoms with van der Waals surface area (Å²) in [6.45, 7) is 3.06. The maximum absolute atomic E-state index is 12.5. The van der Waals surface area contributed by atoms with Crippen molar-refractivity contribution in [2.45, 2.75) is 31.9 Å². The Morgan fingerprint density at radius 1 is 1.52 bits per heavy atom. The van der Waals surface area contributed by atoms with Crippen molar-refractivity contribution >= 4 is 17.5 Å². The van der Waals surface area contributed by atoms with Crippen molar-refractivity contribution in [1.82, 2.24) is 20.3 Å². The monoisotopic (exact) mass is 334 g/mol. The molecule has 1 aliphatic rings. The molecule has 2 heterocycles. The van der Waals surface area contributed by atoms with Gasteiger partial charge < -0.3 is 9.64 Å². The highest BCUT2D eigenvalue weighted by Gasteiger charge is 2.30. The number of hydrogen-bond donors (Lipinski definition) is 1. The van der Waals surface area contributed by atoms with Gasteiger partial charge in [0.2, 0.25) is 5.91 Å². The summed E-state index contributed by atoms with van der Waals surface area (Å²) >= 11 is 6.05. The van der Waals surface area contributed by atoms with E-state index in [1.165, 1.54) is 0 Å². The molecule has 0 spiro atoms. The van der Waals surface area contributed by atoms with Gasteiger partial charge in [-0.1, -0.05) is 23.7 Å². The quantitative estimate of drug-likeness (QED) is 0.931. The van der Waals surface area contributed by atoms with E-state index in [1.54, 1.807) is 6.20 Å². The van der Waals surface area contributed by atoms with Crippen LogP contribution < -0.4 is 0 Å². The number of rotatable bonds is 4. The maximum atomic E-state index is 12.5. The van der Waals surface area contributed by atoms with Gasteiger partial charge in [0.15, 0.2) is 0 Å². The number of morpholine rings is 1. The number of carbonyl (C=O) groups is 1. The van der Waals surface area contributed by atoms with Gasteiger partial charge in [-0.3, -0.25) is 4.79 Å². The highest BCUT2D eigenvalue weighted by Crippen LogP contribution is 2.27. The van der Waals surface area contributed by atoms with Crippen LogP contribution in [-0.4, -0.2) is 45.4 Å². The predicted molar refractivity (Wildman–Crippen MR) is 86.0 cm³/mol. The molecule has 1 fully saturated rings. The average Bonchev–Trinajstić information content (AvgIpc) is 3.06. The van der Waals surface area contributed by atoms with Crippen LogP contribution in [0.5, 0.6) is 0 Å². The van der Waals surface area contributed by atoms with Crippen LogP contribution in [0.15, 0.2) is 30.5 Å². The van der Waals surface area contributed by atoms with Crippen LogP contribution in [-0.2, 0) is 16.0 Å². The number of benzene rings is 1. The average molecular weight is 335 g/mol. The van der Waals surface area contributed by atoms with Gasteiger partial charge in [-0.05, 0) is 24.6 Å². The lowest BCUT2D eigenvalue weighted by Gasteiger charge is -2.38. The molecule has 1 saturated heterocycles. The Bertz CT molecular complexity index is 662. The topological polar surface area (TPSA) is 71.1 Å². The first-order valence-electron chi connectivity index (χ1n) is 7.64. The molecular weight excluding hydrogens is 316 g/mol. The molecule has 7 heteroatoms. The first kappa shape index (κ1) is 16.0. The number of carbonyl (C=O) groups excluding carboxylic acids is 1. The van der Waals surface area contributed by atoms with Crippen LogP contribution in [0.1, 0.15) is 30.7 Å². The van der Waals surface area contributed by atoms with E-state index in [-0.39, 0.29) is 18.1 Å². The van der Waals surface area contributed by atoms with Gasteiger partial charge in [0, 0.05) is 17.9 Å².